The monoisotopic (exact) mass is 278 g/mol. The number of para-hydroxylation sites is 1. The van der Waals surface area contributed by atoms with E-state index in [1.165, 1.54) is 11.3 Å². The highest BCUT2D eigenvalue weighted by Crippen LogP contribution is 2.30. The van der Waals surface area contributed by atoms with Crippen LogP contribution in [0.25, 0.3) is 0 Å². The lowest BCUT2D eigenvalue weighted by Crippen LogP contribution is -2.78. The largest absolute Gasteiger partial charge is 0.481 e. The summed E-state index contributed by atoms with van der Waals surface area (Å²) in [7, 11) is 0. The van der Waals surface area contributed by atoms with E-state index in [1.54, 1.807) is 0 Å². The summed E-state index contributed by atoms with van der Waals surface area (Å²) in [6.45, 7) is 7.82. The average Bonchev–Trinajstić information content (AvgIpc) is 2.42. The van der Waals surface area contributed by atoms with Crippen LogP contribution < -0.4 is 5.32 Å². The van der Waals surface area contributed by atoms with Gasteiger partial charge in [0.05, 0.1) is 6.54 Å². The molecule has 0 unspecified atom stereocenters. The Bertz CT molecular complexity index is 427. The number of rotatable bonds is 9. The molecule has 0 aliphatic rings. The van der Waals surface area contributed by atoms with Gasteiger partial charge in [-0.3, -0.25) is 4.79 Å². The van der Waals surface area contributed by atoms with Gasteiger partial charge in [-0.25, -0.2) is 0 Å². The van der Waals surface area contributed by atoms with E-state index >= 15 is 0 Å². The number of nitrogens with two attached hydrogens (primary N) is 1. The third kappa shape index (κ3) is 5.33. The van der Waals surface area contributed by atoms with E-state index in [-0.39, 0.29) is 5.41 Å². The zero-order chi connectivity index (χ0) is 15.0. The minimum atomic E-state index is -0.691. The summed E-state index contributed by atoms with van der Waals surface area (Å²) < 4.78 is 0. The van der Waals surface area contributed by atoms with E-state index < -0.39 is 5.97 Å². The smallest absolute Gasteiger partial charge is 0.303 e. The van der Waals surface area contributed by atoms with Crippen molar-refractivity contribution < 1.29 is 15.2 Å². The fourth-order valence-corrected chi connectivity index (χ4v) is 2.34. The molecule has 1 aromatic rings. The molecule has 3 N–H and O–H groups in total. The lowest BCUT2D eigenvalue weighted by molar-refractivity contribution is -0.572. The van der Waals surface area contributed by atoms with Gasteiger partial charge in [-0.15, -0.1) is 0 Å². The van der Waals surface area contributed by atoms with Crippen LogP contribution in [0.2, 0.25) is 0 Å². The first kappa shape index (κ1) is 16.7. The van der Waals surface area contributed by atoms with Gasteiger partial charge in [0, 0.05) is 12.0 Å². The molecule has 0 aromatic heterocycles. The van der Waals surface area contributed by atoms with Crippen molar-refractivity contribution in [3.8, 4) is 0 Å². The molecule has 112 valence electrons. The highest BCUT2D eigenvalue weighted by Gasteiger charge is 2.22. The van der Waals surface area contributed by atoms with Crippen LogP contribution >= 0.6 is 0 Å². The standard InChI is InChI=1S/C17H27NO2/c1-4-17(2,3)14-10-7-8-11-15(14)18-13-9-5-6-12-16(19)20/h7-8,10-11,18H,4-6,9,12-13H2,1-3H3,(H,19,20)/p+1. The van der Waals surface area contributed by atoms with Crippen molar-refractivity contribution in [2.45, 2.75) is 58.3 Å². The number of carboxylic acids is 1. The van der Waals surface area contributed by atoms with Gasteiger partial charge < -0.3 is 10.4 Å². The summed E-state index contributed by atoms with van der Waals surface area (Å²) in [4.78, 5) is 10.4. The molecule has 0 bridgehead atoms. The quantitative estimate of drug-likeness (QED) is 0.538. The summed E-state index contributed by atoms with van der Waals surface area (Å²) in [5, 5.41) is 10.9. The van der Waals surface area contributed by atoms with Crippen LogP contribution in [0.1, 0.15) is 58.4 Å². The van der Waals surface area contributed by atoms with Crippen molar-refractivity contribution in [1.29, 1.82) is 0 Å². The van der Waals surface area contributed by atoms with E-state index in [9.17, 15) is 4.79 Å². The Hall–Kier alpha value is -1.35. The second kappa shape index (κ2) is 8.05. The molecule has 0 spiro atoms. The molecule has 0 atom stereocenters. The molecule has 1 rings (SSSR count). The van der Waals surface area contributed by atoms with Crippen LogP contribution in [0.5, 0.6) is 0 Å². The molecule has 0 fully saturated rings. The van der Waals surface area contributed by atoms with Gasteiger partial charge in [0.2, 0.25) is 0 Å². The summed E-state index contributed by atoms with van der Waals surface area (Å²) in [6, 6.07) is 8.60. The molecule has 0 radical (unpaired) electrons. The molecular formula is C17H28NO2+. The molecule has 0 heterocycles. The molecule has 3 heteroatoms. The van der Waals surface area contributed by atoms with Crippen LogP contribution in [0.4, 0.5) is 5.69 Å². The maximum Gasteiger partial charge on any atom is 0.303 e. The fourth-order valence-electron chi connectivity index (χ4n) is 2.34. The van der Waals surface area contributed by atoms with Gasteiger partial charge in [0.1, 0.15) is 5.69 Å². The van der Waals surface area contributed by atoms with Gasteiger partial charge in [-0.2, -0.15) is 0 Å². The predicted octanol–water partition coefficient (Wildman–Crippen LogP) is 3.21. The van der Waals surface area contributed by atoms with Crippen molar-refractivity contribution >= 4 is 11.7 Å². The van der Waals surface area contributed by atoms with Gasteiger partial charge >= 0.3 is 5.97 Å². The fraction of sp³-hybridized carbons (Fsp3) is 0.588. The number of hydrogen-bond acceptors (Lipinski definition) is 1. The number of unbranched alkanes of at least 4 members (excludes halogenated alkanes) is 2. The first-order valence-corrected chi connectivity index (χ1v) is 7.62. The third-order valence-electron chi connectivity index (χ3n) is 4.03. The van der Waals surface area contributed by atoms with Crippen LogP contribution in [0.15, 0.2) is 24.3 Å². The van der Waals surface area contributed by atoms with Crippen LogP contribution in [0.3, 0.4) is 0 Å². The van der Waals surface area contributed by atoms with Crippen molar-refractivity contribution in [3.05, 3.63) is 29.8 Å². The maximum absolute atomic E-state index is 10.4. The molecule has 0 saturated carbocycles. The Labute approximate surface area is 122 Å². The van der Waals surface area contributed by atoms with Gasteiger partial charge in [-0.05, 0) is 37.2 Å². The number of aliphatic carboxylic acids is 1. The normalized spacial score (nSPS) is 11.6. The summed E-state index contributed by atoms with van der Waals surface area (Å²) in [5.41, 5.74) is 2.95. The number of hydrogen-bond donors (Lipinski definition) is 2. The average molecular weight is 278 g/mol. The molecule has 0 aliphatic heterocycles. The number of carbonyl (C=O) groups is 1. The zero-order valence-corrected chi connectivity index (χ0v) is 13.0. The third-order valence-corrected chi connectivity index (χ3v) is 4.03. The van der Waals surface area contributed by atoms with Crippen molar-refractivity contribution in [2.75, 3.05) is 6.54 Å². The maximum atomic E-state index is 10.4. The van der Waals surface area contributed by atoms with E-state index in [1.807, 2.05) is 0 Å². The topological polar surface area (TPSA) is 53.9 Å². The summed E-state index contributed by atoms with van der Waals surface area (Å²) >= 11 is 0. The highest BCUT2D eigenvalue weighted by atomic mass is 16.4. The predicted molar refractivity (Wildman–Crippen MR) is 82.3 cm³/mol. The molecular weight excluding hydrogens is 250 g/mol. The first-order valence-electron chi connectivity index (χ1n) is 7.62. The molecule has 3 nitrogen and oxygen atoms in total. The SMILES string of the molecule is CCC(C)(C)c1ccccc1[NH2+]CCCCCC(=O)O. The van der Waals surface area contributed by atoms with Crippen LogP contribution in [-0.4, -0.2) is 17.6 Å². The Morgan fingerprint density at radius 2 is 1.90 bits per heavy atom. The number of benzene rings is 1. The molecule has 0 amide bonds. The summed E-state index contributed by atoms with van der Waals surface area (Å²) in [5.74, 6) is -0.691. The lowest BCUT2D eigenvalue weighted by atomic mass is 9.81. The highest BCUT2D eigenvalue weighted by molar-refractivity contribution is 5.66. The Kier molecular flexibility index (Phi) is 6.73. The summed E-state index contributed by atoms with van der Waals surface area (Å²) in [6.07, 6.45) is 4.25. The van der Waals surface area contributed by atoms with E-state index in [0.717, 1.165) is 32.2 Å². The van der Waals surface area contributed by atoms with Crippen molar-refractivity contribution in [2.24, 2.45) is 0 Å². The van der Waals surface area contributed by atoms with Crippen LogP contribution in [-0.2, 0) is 10.2 Å². The van der Waals surface area contributed by atoms with Crippen molar-refractivity contribution in [3.63, 3.8) is 0 Å². The molecule has 0 saturated heterocycles. The minimum absolute atomic E-state index is 0.205. The van der Waals surface area contributed by atoms with Gasteiger partial charge in [-0.1, -0.05) is 39.0 Å². The molecule has 1 aromatic carbocycles. The lowest BCUT2D eigenvalue weighted by Gasteiger charge is -2.24. The van der Waals surface area contributed by atoms with E-state index in [2.05, 4.69) is 50.4 Å². The Morgan fingerprint density at radius 1 is 1.20 bits per heavy atom. The zero-order valence-electron chi connectivity index (χ0n) is 13.0. The number of quaternary nitrogens is 1. The molecule has 20 heavy (non-hydrogen) atoms. The second-order valence-corrected chi connectivity index (χ2v) is 6.02. The number of carboxylic acid groups (broad SMARTS) is 1. The van der Waals surface area contributed by atoms with Crippen LogP contribution in [0, 0.1) is 0 Å². The van der Waals surface area contributed by atoms with E-state index in [4.69, 9.17) is 5.11 Å². The molecule has 0 aliphatic carbocycles. The Balaban J connectivity index is 2.46. The van der Waals surface area contributed by atoms with Gasteiger partial charge in [0.25, 0.3) is 0 Å². The van der Waals surface area contributed by atoms with E-state index in [0.29, 0.717) is 6.42 Å². The minimum Gasteiger partial charge on any atom is -0.481 e. The Morgan fingerprint density at radius 3 is 2.55 bits per heavy atom. The second-order valence-electron chi connectivity index (χ2n) is 6.02. The van der Waals surface area contributed by atoms with Gasteiger partial charge in [0.15, 0.2) is 0 Å². The van der Waals surface area contributed by atoms with Crippen molar-refractivity contribution in [1.82, 2.24) is 0 Å². The first-order chi connectivity index (χ1) is 9.47.